The predicted octanol–water partition coefficient (Wildman–Crippen LogP) is 7.96. The van der Waals surface area contributed by atoms with Gasteiger partial charge in [-0.15, -0.1) is 0 Å². The Hall–Kier alpha value is -3.34. The van der Waals surface area contributed by atoms with Crippen molar-refractivity contribution < 1.29 is 62.9 Å². The first-order valence-electron chi connectivity index (χ1n) is 26.8. The average Bonchev–Trinajstić information content (AvgIpc) is 3.87. The van der Waals surface area contributed by atoms with Crippen molar-refractivity contribution in [3.05, 3.63) is 59.8 Å². The summed E-state index contributed by atoms with van der Waals surface area (Å²) in [5.74, 6) is -6.45. The van der Waals surface area contributed by atoms with Crippen molar-refractivity contribution in [1.29, 1.82) is 0 Å². The SMILES string of the molecule is C=C1C(C)CC(C)/C=C/C=C/C=C(\C)C(OCCC2CCOC2)CC2CCC(C)C(O)(O2)C(=O)C(=O)N2CCCCC2C(=O)OC(C(C)CC2CCC(O)C(OC)C2)CC(=O)C(C)/C=C(\C)C(O)C1OC. The van der Waals surface area contributed by atoms with Crippen LogP contribution in [0.15, 0.2) is 59.8 Å². The van der Waals surface area contributed by atoms with Crippen molar-refractivity contribution in [1.82, 2.24) is 4.90 Å². The molecule has 3 saturated heterocycles. The highest BCUT2D eigenvalue weighted by Gasteiger charge is 2.53. The minimum Gasteiger partial charge on any atom is -0.460 e. The van der Waals surface area contributed by atoms with Gasteiger partial charge in [0.1, 0.15) is 30.1 Å². The second-order valence-electron chi connectivity index (χ2n) is 21.9. The van der Waals surface area contributed by atoms with Crippen LogP contribution >= 0.6 is 0 Å². The summed E-state index contributed by atoms with van der Waals surface area (Å²) in [6.45, 7) is 19.8. The molecule has 14 nitrogen and oxygen atoms in total. The monoisotopic (exact) mass is 996 g/mol. The van der Waals surface area contributed by atoms with Crippen molar-refractivity contribution in [3.63, 3.8) is 0 Å². The van der Waals surface area contributed by atoms with E-state index in [1.165, 1.54) is 4.90 Å². The lowest BCUT2D eigenvalue weighted by Crippen LogP contribution is -2.61. The van der Waals surface area contributed by atoms with Crippen LogP contribution in [0.1, 0.15) is 138 Å². The first-order valence-corrected chi connectivity index (χ1v) is 26.8. The maximum Gasteiger partial charge on any atom is 0.329 e. The van der Waals surface area contributed by atoms with Crippen molar-refractivity contribution in [2.24, 2.45) is 41.4 Å². The Morgan fingerprint density at radius 3 is 2.35 bits per heavy atom. The molecule has 0 aromatic heterocycles. The number of amides is 1. The molecule has 1 saturated carbocycles. The molecule has 1 amide bonds. The molecule has 5 rings (SSSR count). The lowest BCUT2D eigenvalue weighted by molar-refractivity contribution is -0.266. The Balaban J connectivity index is 1.47. The fraction of sp³-hybridized carbons (Fsp3) is 0.754. The van der Waals surface area contributed by atoms with E-state index >= 15 is 0 Å². The number of cyclic esters (lactones) is 1. The third-order valence-electron chi connectivity index (χ3n) is 16.3. The van der Waals surface area contributed by atoms with E-state index in [2.05, 4.69) is 26.5 Å². The van der Waals surface area contributed by atoms with Gasteiger partial charge in [-0.1, -0.05) is 77.7 Å². The average molecular weight is 996 g/mol. The molecule has 2 bridgehead atoms. The quantitative estimate of drug-likeness (QED) is 0.115. The Morgan fingerprint density at radius 2 is 1.65 bits per heavy atom. The van der Waals surface area contributed by atoms with Crippen LogP contribution in [-0.2, 0) is 47.6 Å². The number of hydrogen-bond acceptors (Lipinski definition) is 13. The molecule has 0 radical (unpaired) electrons. The number of ether oxygens (including phenoxy) is 6. The van der Waals surface area contributed by atoms with E-state index in [-0.39, 0.29) is 54.9 Å². The normalized spacial score (nSPS) is 40.2. The third-order valence-corrected chi connectivity index (χ3v) is 16.3. The molecule has 5 aliphatic rings. The molecule has 3 N–H and O–H groups in total. The lowest BCUT2D eigenvalue weighted by atomic mass is 9.78. The highest BCUT2D eigenvalue weighted by Crippen LogP contribution is 2.38. The predicted molar refractivity (Wildman–Crippen MR) is 272 cm³/mol. The number of piperidine rings is 1. The summed E-state index contributed by atoms with van der Waals surface area (Å²) >= 11 is 0. The molecule has 16 unspecified atom stereocenters. The molecule has 0 aromatic rings. The number of methoxy groups -OCH3 is 2. The molecule has 4 fully saturated rings. The molecule has 4 heterocycles. The largest absolute Gasteiger partial charge is 0.460 e. The lowest BCUT2D eigenvalue weighted by Gasteiger charge is -2.43. The maximum atomic E-state index is 14.5. The molecular formula is C57H89NO13. The molecule has 1 aliphatic carbocycles. The summed E-state index contributed by atoms with van der Waals surface area (Å²) in [5, 5.41) is 34.4. The molecule has 14 heteroatoms. The number of ketones is 2. The fourth-order valence-corrected chi connectivity index (χ4v) is 11.3. The van der Waals surface area contributed by atoms with Crippen molar-refractivity contribution in [2.75, 3.05) is 40.6 Å². The van der Waals surface area contributed by atoms with Gasteiger partial charge in [-0.25, -0.2) is 4.79 Å². The van der Waals surface area contributed by atoms with Gasteiger partial charge in [-0.3, -0.25) is 14.4 Å². The summed E-state index contributed by atoms with van der Waals surface area (Å²) < 4.78 is 36.3. The smallest absolute Gasteiger partial charge is 0.329 e. The second-order valence-corrected chi connectivity index (χ2v) is 21.9. The fourth-order valence-electron chi connectivity index (χ4n) is 11.3. The van der Waals surface area contributed by atoms with E-state index in [1.807, 2.05) is 38.2 Å². The van der Waals surface area contributed by atoms with Gasteiger partial charge in [0, 0.05) is 65.3 Å². The van der Waals surface area contributed by atoms with Crippen molar-refractivity contribution in [3.8, 4) is 0 Å². The number of esters is 1. The van der Waals surface area contributed by atoms with Crippen LogP contribution in [0.5, 0.6) is 0 Å². The molecule has 71 heavy (non-hydrogen) atoms. The van der Waals surface area contributed by atoms with Crippen molar-refractivity contribution >= 4 is 23.4 Å². The number of carbonyl (C=O) groups excluding carboxylic acids is 4. The summed E-state index contributed by atoms with van der Waals surface area (Å²) in [5.41, 5.74) is 2.23. The van der Waals surface area contributed by atoms with Crippen molar-refractivity contribution in [2.45, 2.75) is 193 Å². The van der Waals surface area contributed by atoms with E-state index in [0.29, 0.717) is 76.1 Å². The number of fused-ring (bicyclic) bond motifs is 3. The summed E-state index contributed by atoms with van der Waals surface area (Å²) in [6.07, 6.45) is 14.8. The standard InChI is InChI=1S/C57H89NO13/c1-35-16-12-11-13-17-36(2)49(69-27-24-43-23-26-68-34-43)32-45-21-19-41(7)57(65,71-45)54(62)55(63)58-25-15-14-18-46(58)56(64)70-50(39(5)30-44-20-22-47(59)51(31-44)66-9)33-48(60)38(4)29-40(6)52(61)53(67-10)42(8)37(3)28-35/h11-13,16-17,29,35,37-39,41,43-47,49-53,59,61,65H,8,14-15,18-28,30-34H2,1-7,9-10H3/b13-11+,16-12+,36-17+,40-29+. The van der Waals surface area contributed by atoms with E-state index in [9.17, 15) is 34.5 Å². The van der Waals surface area contributed by atoms with Gasteiger partial charge in [-0.2, -0.15) is 0 Å². The number of allylic oxidation sites excluding steroid dienone is 6. The van der Waals surface area contributed by atoms with Gasteiger partial charge in [0.2, 0.25) is 5.79 Å². The number of hydrogen-bond donors (Lipinski definition) is 3. The van der Waals surface area contributed by atoms with Gasteiger partial charge < -0.3 is 48.6 Å². The van der Waals surface area contributed by atoms with Crippen LogP contribution in [-0.4, -0.2) is 139 Å². The number of Topliss-reactive ketones (excluding diaryl/α,β-unsaturated/α-hetero) is 2. The van der Waals surface area contributed by atoms with Gasteiger partial charge in [0.05, 0.1) is 24.4 Å². The highest BCUT2D eigenvalue weighted by atomic mass is 16.6. The first kappa shape index (κ1) is 58.5. The Labute approximate surface area is 424 Å². The van der Waals surface area contributed by atoms with Gasteiger partial charge in [0.15, 0.2) is 0 Å². The summed E-state index contributed by atoms with van der Waals surface area (Å²) in [7, 11) is 3.13. The number of carbonyl (C=O) groups is 4. The van der Waals surface area contributed by atoms with Crippen LogP contribution in [0.4, 0.5) is 0 Å². The van der Waals surface area contributed by atoms with Crippen LogP contribution in [0, 0.1) is 41.4 Å². The van der Waals surface area contributed by atoms with Gasteiger partial charge >= 0.3 is 5.97 Å². The minimum absolute atomic E-state index is 0.00572. The van der Waals surface area contributed by atoms with Gasteiger partial charge in [0.25, 0.3) is 11.7 Å². The molecule has 400 valence electrons. The zero-order chi connectivity index (χ0) is 52.0. The number of aliphatic hydroxyl groups excluding tert-OH is 2. The number of rotatable bonds is 9. The van der Waals surface area contributed by atoms with E-state index in [0.717, 1.165) is 43.4 Å². The molecule has 16 atom stereocenters. The number of nitrogens with zero attached hydrogens (tertiary/aromatic N) is 1. The topological polar surface area (TPSA) is 188 Å². The Bertz CT molecular complexity index is 1900. The first-order chi connectivity index (χ1) is 33.8. The molecule has 0 aromatic carbocycles. The Morgan fingerprint density at radius 1 is 0.887 bits per heavy atom. The summed E-state index contributed by atoms with van der Waals surface area (Å²) in [4.78, 5) is 58.9. The van der Waals surface area contributed by atoms with Gasteiger partial charge in [-0.05, 0) is 137 Å². The van der Waals surface area contributed by atoms with E-state index < -0.39 is 77.9 Å². The van der Waals surface area contributed by atoms with E-state index in [4.69, 9.17) is 28.4 Å². The second kappa shape index (κ2) is 27.8. The molecule has 4 aliphatic heterocycles. The van der Waals surface area contributed by atoms with Crippen LogP contribution in [0.25, 0.3) is 0 Å². The third kappa shape index (κ3) is 16.1. The van der Waals surface area contributed by atoms with Crippen LogP contribution in [0.3, 0.4) is 0 Å². The molecular weight excluding hydrogens is 907 g/mol. The van der Waals surface area contributed by atoms with E-state index in [1.54, 1.807) is 41.1 Å². The Kier molecular flexibility index (Phi) is 22.9. The minimum atomic E-state index is -2.43. The number of aliphatic hydroxyl groups is 3. The highest BCUT2D eigenvalue weighted by molar-refractivity contribution is 6.39. The molecule has 0 spiro atoms. The van der Waals surface area contributed by atoms with Crippen LogP contribution < -0.4 is 0 Å². The summed E-state index contributed by atoms with van der Waals surface area (Å²) in [6, 6.07) is -1.13. The zero-order valence-electron chi connectivity index (χ0n) is 44.4. The maximum absolute atomic E-state index is 14.5. The van der Waals surface area contributed by atoms with Crippen LogP contribution in [0.2, 0.25) is 0 Å². The zero-order valence-corrected chi connectivity index (χ0v) is 44.4.